The maximum atomic E-state index is 14.7. The Morgan fingerprint density at radius 3 is 2.29 bits per heavy atom. The van der Waals surface area contributed by atoms with Crippen LogP contribution in [0.25, 0.3) is 0 Å². The molecule has 0 radical (unpaired) electrons. The molecule has 13 nitrogen and oxygen atoms in total. The second kappa shape index (κ2) is 9.74. The van der Waals surface area contributed by atoms with Crippen molar-refractivity contribution in [3.8, 4) is 0 Å². The normalized spacial score (nSPS) is 21.5. The Morgan fingerprint density at radius 2 is 1.74 bits per heavy atom. The largest absolute Gasteiger partial charge is 0.456 e. The van der Waals surface area contributed by atoms with E-state index in [9.17, 15) is 33.7 Å². The van der Waals surface area contributed by atoms with Crippen LogP contribution in [0.4, 0.5) is 15.9 Å². The number of carbonyl (C=O) groups is 3. The molecule has 1 aromatic carbocycles. The molecule has 1 N–H and O–H groups in total. The van der Waals surface area contributed by atoms with E-state index < -0.39 is 64.6 Å². The molecule has 2 heterocycles. The predicted octanol–water partition coefficient (Wildman–Crippen LogP) is 1.32. The zero-order valence-electron chi connectivity index (χ0n) is 18.1. The van der Waals surface area contributed by atoms with Crippen LogP contribution < -0.4 is 11.0 Å². The third-order valence-corrected chi connectivity index (χ3v) is 4.78. The summed E-state index contributed by atoms with van der Waals surface area (Å²) in [5.74, 6) is -4.12. The topological polar surface area (TPSA) is 169 Å². The molecule has 0 bridgehead atoms. The third-order valence-electron chi connectivity index (χ3n) is 4.78. The number of non-ortho nitro benzene ring substituents is 1. The van der Waals surface area contributed by atoms with Crippen molar-refractivity contribution < 1.29 is 37.9 Å². The zero-order valence-corrected chi connectivity index (χ0v) is 18.1. The van der Waals surface area contributed by atoms with Gasteiger partial charge in [-0.15, -0.1) is 0 Å². The molecular formula is C20H19FN4O9. The van der Waals surface area contributed by atoms with E-state index >= 15 is 0 Å². The first-order chi connectivity index (χ1) is 16.0. The van der Waals surface area contributed by atoms with Gasteiger partial charge in [-0.1, -0.05) is 0 Å². The zero-order chi connectivity index (χ0) is 25.2. The summed E-state index contributed by atoms with van der Waals surface area (Å²) >= 11 is 0. The Morgan fingerprint density at radius 1 is 1.15 bits per heavy atom. The average molecular weight is 478 g/mol. The van der Waals surface area contributed by atoms with Crippen molar-refractivity contribution in [3.63, 3.8) is 0 Å². The van der Waals surface area contributed by atoms with Gasteiger partial charge < -0.3 is 19.5 Å². The molecule has 2 aromatic rings. The van der Waals surface area contributed by atoms with Gasteiger partial charge in [-0.3, -0.25) is 29.1 Å². The molecule has 1 saturated heterocycles. The lowest BCUT2D eigenvalue weighted by atomic mass is 10.1. The molecule has 0 spiro atoms. The molecule has 1 aliphatic rings. The van der Waals surface area contributed by atoms with Gasteiger partial charge in [0.15, 0.2) is 30.1 Å². The van der Waals surface area contributed by atoms with Crippen molar-refractivity contribution in [1.82, 2.24) is 9.55 Å². The van der Waals surface area contributed by atoms with Crippen LogP contribution in [0.5, 0.6) is 0 Å². The van der Waals surface area contributed by atoms with Gasteiger partial charge in [0.05, 0.1) is 17.2 Å². The maximum Gasteiger partial charge on any atom is 0.351 e. The van der Waals surface area contributed by atoms with Gasteiger partial charge in [-0.25, -0.2) is 9.18 Å². The van der Waals surface area contributed by atoms with E-state index in [1.165, 1.54) is 6.92 Å². The number of nitro groups is 1. The van der Waals surface area contributed by atoms with Crippen LogP contribution in [0.3, 0.4) is 0 Å². The predicted molar refractivity (Wildman–Crippen MR) is 110 cm³/mol. The van der Waals surface area contributed by atoms with E-state index in [4.69, 9.17) is 14.2 Å². The number of benzene rings is 1. The van der Waals surface area contributed by atoms with E-state index in [-0.39, 0.29) is 11.3 Å². The molecule has 0 saturated carbocycles. The molecule has 180 valence electrons. The summed E-state index contributed by atoms with van der Waals surface area (Å²) in [7, 11) is 0. The fourth-order valence-electron chi connectivity index (χ4n) is 3.33. The minimum Gasteiger partial charge on any atom is -0.456 e. The number of hydrogen-bond donors (Lipinski definition) is 1. The Balaban J connectivity index is 1.87. The lowest BCUT2D eigenvalue weighted by molar-refractivity contribution is -0.384. The Hall–Kier alpha value is -4.20. The highest BCUT2D eigenvalue weighted by atomic mass is 19.1. The Kier molecular flexibility index (Phi) is 7.00. The van der Waals surface area contributed by atoms with Gasteiger partial charge in [0, 0.05) is 31.5 Å². The maximum absolute atomic E-state index is 14.7. The van der Waals surface area contributed by atoms with Gasteiger partial charge in [-0.2, -0.15) is 4.98 Å². The molecule has 4 atom stereocenters. The molecule has 1 aromatic heterocycles. The van der Waals surface area contributed by atoms with Crippen molar-refractivity contribution in [1.29, 1.82) is 0 Å². The molecule has 14 heteroatoms. The van der Waals surface area contributed by atoms with Crippen molar-refractivity contribution in [2.45, 2.75) is 45.3 Å². The summed E-state index contributed by atoms with van der Waals surface area (Å²) in [5, 5.41) is 12.8. The average Bonchev–Trinajstić information content (AvgIpc) is 3.04. The summed E-state index contributed by atoms with van der Waals surface area (Å²) < 4.78 is 31.4. The van der Waals surface area contributed by atoms with Gasteiger partial charge in [0.25, 0.3) is 11.6 Å². The monoisotopic (exact) mass is 478 g/mol. The number of anilines is 1. The highest BCUT2D eigenvalue weighted by Gasteiger charge is 2.48. The van der Waals surface area contributed by atoms with Crippen LogP contribution in [-0.2, 0) is 23.8 Å². The second-order valence-corrected chi connectivity index (χ2v) is 7.27. The summed E-state index contributed by atoms with van der Waals surface area (Å²) in [6.45, 7) is 3.75. The number of nitrogens with zero attached hydrogens (tertiary/aromatic N) is 3. The highest BCUT2D eigenvalue weighted by molar-refractivity contribution is 6.03. The number of nitro benzene ring substituents is 1. The number of aromatic nitrogens is 2. The summed E-state index contributed by atoms with van der Waals surface area (Å²) in [6.07, 6.45) is -3.81. The number of esters is 2. The summed E-state index contributed by atoms with van der Waals surface area (Å²) in [6, 6.07) is 4.48. The SMILES string of the molecule is CC(=O)OC1C(OC(C)=O)[C@@H](C)O[C@H]1n1cc(F)c(NC(=O)c2ccc([N+](=O)[O-])cc2)nc1=O. The van der Waals surface area contributed by atoms with Crippen LogP contribution in [-0.4, -0.2) is 50.6 Å². The molecular weight excluding hydrogens is 459 g/mol. The minimum atomic E-state index is -1.36. The molecule has 0 aliphatic carbocycles. The third kappa shape index (κ3) is 5.23. The molecule has 1 aliphatic heterocycles. The number of nitrogens with one attached hydrogen (secondary N) is 1. The van der Waals surface area contributed by atoms with Crippen LogP contribution in [0.15, 0.2) is 35.3 Å². The van der Waals surface area contributed by atoms with Crippen LogP contribution >= 0.6 is 0 Å². The second-order valence-electron chi connectivity index (χ2n) is 7.27. The van der Waals surface area contributed by atoms with E-state index in [2.05, 4.69) is 10.3 Å². The van der Waals surface area contributed by atoms with Gasteiger partial charge in [-0.05, 0) is 19.1 Å². The quantitative estimate of drug-likeness (QED) is 0.363. The molecule has 1 amide bonds. The van der Waals surface area contributed by atoms with E-state index in [1.807, 2.05) is 0 Å². The van der Waals surface area contributed by atoms with Gasteiger partial charge in [0.1, 0.15) is 0 Å². The van der Waals surface area contributed by atoms with Crippen LogP contribution in [0.1, 0.15) is 37.4 Å². The van der Waals surface area contributed by atoms with Crippen molar-refractivity contribution in [2.75, 3.05) is 5.32 Å². The van der Waals surface area contributed by atoms with Crippen LogP contribution in [0, 0.1) is 15.9 Å². The van der Waals surface area contributed by atoms with Crippen LogP contribution in [0.2, 0.25) is 0 Å². The molecule has 34 heavy (non-hydrogen) atoms. The molecule has 3 rings (SSSR count). The standard InChI is InChI=1S/C20H19FN4O9/c1-9-15(33-10(2)26)16(34-11(3)27)19(32-9)24-8-14(21)17(23-20(24)29)22-18(28)12-4-6-13(7-5-12)25(30)31/h4-9,15-16,19H,1-3H3,(H,22,23,28,29)/t9-,15?,16?,19-/m1/s1. The fraction of sp³-hybridized carbons (Fsp3) is 0.350. The number of carbonyl (C=O) groups excluding carboxylic acids is 3. The Bertz CT molecular complexity index is 1200. The van der Waals surface area contributed by atoms with E-state index in [0.29, 0.717) is 10.8 Å². The number of ether oxygens (including phenoxy) is 3. The Labute approximate surface area is 190 Å². The first kappa shape index (κ1) is 24.4. The highest BCUT2D eigenvalue weighted by Crippen LogP contribution is 2.33. The number of rotatable bonds is 6. The molecule has 2 unspecified atom stereocenters. The minimum absolute atomic E-state index is 0.0388. The summed E-state index contributed by atoms with van der Waals surface area (Å²) in [5.41, 5.74) is -1.34. The number of amides is 1. The van der Waals surface area contributed by atoms with Crippen molar-refractivity contribution in [3.05, 3.63) is 62.4 Å². The van der Waals surface area contributed by atoms with Gasteiger partial charge >= 0.3 is 17.6 Å². The smallest absolute Gasteiger partial charge is 0.351 e. The van der Waals surface area contributed by atoms with Gasteiger partial charge in [0.2, 0.25) is 0 Å². The molecule has 1 fully saturated rings. The first-order valence-electron chi connectivity index (χ1n) is 9.82. The number of halogens is 1. The van der Waals surface area contributed by atoms with E-state index in [1.54, 1.807) is 0 Å². The summed E-state index contributed by atoms with van der Waals surface area (Å²) in [4.78, 5) is 61.5. The fourth-order valence-corrected chi connectivity index (χ4v) is 3.33. The van der Waals surface area contributed by atoms with Crippen molar-refractivity contribution >= 4 is 29.4 Å². The number of hydrogen-bond acceptors (Lipinski definition) is 10. The lowest BCUT2D eigenvalue weighted by Crippen LogP contribution is -2.40. The first-order valence-corrected chi connectivity index (χ1v) is 9.82. The lowest BCUT2D eigenvalue weighted by Gasteiger charge is -2.23. The van der Waals surface area contributed by atoms with Crippen molar-refractivity contribution in [2.24, 2.45) is 0 Å². The van der Waals surface area contributed by atoms with E-state index in [0.717, 1.165) is 38.1 Å².